The molecule has 1 aliphatic heterocycles. The summed E-state index contributed by atoms with van der Waals surface area (Å²) in [6.45, 7) is 6.72. The molecule has 104 valence electrons. The van der Waals surface area contributed by atoms with Crippen molar-refractivity contribution < 1.29 is 4.52 Å². The SMILES string of the molecule is CC(C)C1(c2noc(C34CC(C3)C4)n2)CCNCC1. The summed E-state index contributed by atoms with van der Waals surface area (Å²) in [5, 5.41) is 7.84. The number of hydrogen-bond donors (Lipinski definition) is 1. The van der Waals surface area contributed by atoms with Gasteiger partial charge in [-0.25, -0.2) is 0 Å². The average Bonchev–Trinajstić information content (AvgIpc) is 2.75. The molecule has 0 aromatic carbocycles. The lowest BCUT2D eigenvalue weighted by molar-refractivity contribution is -0.0512. The highest BCUT2D eigenvalue weighted by molar-refractivity contribution is 5.24. The summed E-state index contributed by atoms with van der Waals surface area (Å²) < 4.78 is 5.66. The van der Waals surface area contributed by atoms with Crippen molar-refractivity contribution in [2.45, 2.75) is 56.8 Å². The molecule has 0 atom stereocenters. The van der Waals surface area contributed by atoms with E-state index in [1.54, 1.807) is 0 Å². The predicted molar refractivity (Wildman–Crippen MR) is 71.9 cm³/mol. The Morgan fingerprint density at radius 3 is 2.42 bits per heavy atom. The maximum Gasteiger partial charge on any atom is 0.232 e. The van der Waals surface area contributed by atoms with Crippen LogP contribution in [-0.4, -0.2) is 23.2 Å². The zero-order chi connectivity index (χ0) is 13.1. The molecule has 0 spiro atoms. The van der Waals surface area contributed by atoms with Gasteiger partial charge in [-0.15, -0.1) is 0 Å². The van der Waals surface area contributed by atoms with E-state index in [4.69, 9.17) is 9.51 Å². The number of aromatic nitrogens is 2. The largest absolute Gasteiger partial charge is 0.339 e. The van der Waals surface area contributed by atoms with Gasteiger partial charge in [0.2, 0.25) is 5.89 Å². The smallest absolute Gasteiger partial charge is 0.232 e. The van der Waals surface area contributed by atoms with Crippen molar-refractivity contribution in [3.8, 4) is 0 Å². The Kier molecular flexibility index (Phi) is 2.39. The van der Waals surface area contributed by atoms with Crippen molar-refractivity contribution in [2.24, 2.45) is 11.8 Å². The van der Waals surface area contributed by atoms with Crippen LogP contribution in [0.1, 0.15) is 57.7 Å². The molecule has 3 saturated carbocycles. The Hall–Kier alpha value is -0.900. The van der Waals surface area contributed by atoms with Crippen LogP contribution in [0.25, 0.3) is 0 Å². The number of nitrogens with zero attached hydrogens (tertiary/aromatic N) is 2. The molecule has 1 aromatic rings. The minimum Gasteiger partial charge on any atom is -0.339 e. The summed E-state index contributed by atoms with van der Waals surface area (Å²) in [6, 6.07) is 0. The van der Waals surface area contributed by atoms with Gasteiger partial charge in [0, 0.05) is 5.41 Å². The van der Waals surface area contributed by atoms with E-state index in [2.05, 4.69) is 24.3 Å². The third-order valence-corrected chi connectivity index (χ3v) is 5.96. The van der Waals surface area contributed by atoms with Crippen LogP contribution < -0.4 is 5.32 Å². The van der Waals surface area contributed by atoms with Gasteiger partial charge in [-0.1, -0.05) is 19.0 Å². The zero-order valence-corrected chi connectivity index (χ0v) is 11.9. The Morgan fingerprint density at radius 1 is 1.21 bits per heavy atom. The van der Waals surface area contributed by atoms with E-state index in [1.807, 2.05) is 0 Å². The molecule has 3 aliphatic carbocycles. The highest BCUT2D eigenvalue weighted by atomic mass is 16.5. The van der Waals surface area contributed by atoms with Gasteiger partial charge in [-0.2, -0.15) is 4.98 Å². The van der Waals surface area contributed by atoms with E-state index in [1.165, 1.54) is 19.3 Å². The topological polar surface area (TPSA) is 51.0 Å². The predicted octanol–water partition coefficient (Wildman–Crippen LogP) is 2.40. The first-order valence-corrected chi connectivity index (χ1v) is 7.70. The third-order valence-electron chi connectivity index (χ3n) is 5.96. The van der Waals surface area contributed by atoms with E-state index in [0.717, 1.165) is 43.6 Å². The molecule has 0 unspecified atom stereocenters. The van der Waals surface area contributed by atoms with Gasteiger partial charge in [0.05, 0.1) is 5.41 Å². The molecule has 4 aliphatic rings. The van der Waals surface area contributed by atoms with Crippen LogP contribution in [0.3, 0.4) is 0 Å². The van der Waals surface area contributed by atoms with Gasteiger partial charge in [0.1, 0.15) is 0 Å². The molecule has 1 N–H and O–H groups in total. The lowest BCUT2D eigenvalue weighted by Gasteiger charge is -2.59. The Morgan fingerprint density at radius 2 is 1.89 bits per heavy atom. The maximum atomic E-state index is 5.66. The lowest BCUT2D eigenvalue weighted by Crippen LogP contribution is -2.55. The van der Waals surface area contributed by atoms with Crippen molar-refractivity contribution in [1.29, 1.82) is 0 Å². The molecule has 5 rings (SSSR count). The summed E-state index contributed by atoms with van der Waals surface area (Å²) in [5.41, 5.74) is 0.414. The van der Waals surface area contributed by atoms with Gasteiger partial charge in [-0.05, 0) is 57.0 Å². The third kappa shape index (κ3) is 1.49. The van der Waals surface area contributed by atoms with Gasteiger partial charge in [0.25, 0.3) is 0 Å². The molecule has 4 heteroatoms. The minimum atomic E-state index is 0.122. The van der Waals surface area contributed by atoms with Crippen molar-refractivity contribution in [3.05, 3.63) is 11.7 Å². The molecular weight excluding hydrogens is 238 g/mol. The molecule has 1 aromatic heterocycles. The highest BCUT2D eigenvalue weighted by Crippen LogP contribution is 2.64. The Balaban J connectivity index is 1.66. The van der Waals surface area contributed by atoms with Crippen LogP contribution in [0.15, 0.2) is 4.52 Å². The maximum absolute atomic E-state index is 5.66. The van der Waals surface area contributed by atoms with Crippen LogP contribution >= 0.6 is 0 Å². The van der Waals surface area contributed by atoms with Crippen LogP contribution in [-0.2, 0) is 10.8 Å². The van der Waals surface area contributed by atoms with E-state index in [9.17, 15) is 0 Å². The second-order valence-electron chi connectivity index (χ2n) is 7.24. The summed E-state index contributed by atoms with van der Waals surface area (Å²) in [7, 11) is 0. The fraction of sp³-hybridized carbons (Fsp3) is 0.867. The molecule has 4 fully saturated rings. The summed E-state index contributed by atoms with van der Waals surface area (Å²) in [6.07, 6.45) is 6.10. The fourth-order valence-corrected chi connectivity index (χ4v) is 4.31. The number of piperidine rings is 1. The summed E-state index contributed by atoms with van der Waals surface area (Å²) >= 11 is 0. The molecular formula is C15H23N3O. The normalized spacial score (nSPS) is 35.8. The monoisotopic (exact) mass is 261 g/mol. The first-order chi connectivity index (χ1) is 9.15. The van der Waals surface area contributed by atoms with Crippen LogP contribution in [0.4, 0.5) is 0 Å². The van der Waals surface area contributed by atoms with Gasteiger partial charge >= 0.3 is 0 Å². The first kappa shape index (κ1) is 11.9. The van der Waals surface area contributed by atoms with Crippen molar-refractivity contribution >= 4 is 0 Å². The van der Waals surface area contributed by atoms with Crippen molar-refractivity contribution in [2.75, 3.05) is 13.1 Å². The Bertz CT molecular complexity index is 470. The second-order valence-corrected chi connectivity index (χ2v) is 7.24. The molecule has 2 heterocycles. The van der Waals surface area contributed by atoms with Crippen LogP contribution in [0, 0.1) is 11.8 Å². The summed E-state index contributed by atoms with van der Waals surface area (Å²) in [5.74, 6) is 3.42. The van der Waals surface area contributed by atoms with Gasteiger partial charge < -0.3 is 9.84 Å². The number of nitrogens with one attached hydrogen (secondary N) is 1. The lowest BCUT2D eigenvalue weighted by atomic mass is 9.44. The molecule has 4 nitrogen and oxygen atoms in total. The van der Waals surface area contributed by atoms with Gasteiger partial charge in [-0.3, -0.25) is 0 Å². The first-order valence-electron chi connectivity index (χ1n) is 7.70. The molecule has 0 radical (unpaired) electrons. The van der Waals surface area contributed by atoms with E-state index in [0.29, 0.717) is 11.3 Å². The van der Waals surface area contributed by atoms with Crippen LogP contribution in [0.2, 0.25) is 0 Å². The standard InChI is InChI=1S/C15H23N3O/c1-10(2)15(3-5-16-6-4-15)12-17-13(19-18-12)14-7-11(8-14)9-14/h10-11,16H,3-9H2,1-2H3. The second kappa shape index (κ2) is 3.81. The quantitative estimate of drug-likeness (QED) is 0.907. The van der Waals surface area contributed by atoms with Gasteiger partial charge in [0.15, 0.2) is 5.82 Å². The summed E-state index contributed by atoms with van der Waals surface area (Å²) in [4.78, 5) is 4.85. The van der Waals surface area contributed by atoms with E-state index in [-0.39, 0.29) is 5.41 Å². The molecule has 19 heavy (non-hydrogen) atoms. The average molecular weight is 261 g/mol. The van der Waals surface area contributed by atoms with E-state index < -0.39 is 0 Å². The number of rotatable bonds is 3. The van der Waals surface area contributed by atoms with Crippen molar-refractivity contribution in [3.63, 3.8) is 0 Å². The zero-order valence-electron chi connectivity index (χ0n) is 11.9. The molecule has 1 saturated heterocycles. The molecule has 2 bridgehead atoms. The van der Waals surface area contributed by atoms with E-state index >= 15 is 0 Å². The van der Waals surface area contributed by atoms with Crippen LogP contribution in [0.5, 0.6) is 0 Å². The highest BCUT2D eigenvalue weighted by Gasteiger charge is 2.61. The number of hydrogen-bond acceptors (Lipinski definition) is 4. The van der Waals surface area contributed by atoms with Crippen molar-refractivity contribution in [1.82, 2.24) is 15.5 Å². The fourth-order valence-electron chi connectivity index (χ4n) is 4.31. The Labute approximate surface area is 114 Å². The molecule has 0 amide bonds. The minimum absolute atomic E-state index is 0.122.